The van der Waals surface area contributed by atoms with Crippen molar-refractivity contribution in [1.82, 2.24) is 10.2 Å². The Hall–Kier alpha value is -0.520. The molecule has 0 aromatic carbocycles. The molecule has 3 atom stereocenters. The number of hydrogen-bond acceptors (Lipinski definition) is 2. The van der Waals surface area contributed by atoms with Crippen molar-refractivity contribution in [1.29, 1.82) is 0 Å². The van der Waals surface area contributed by atoms with Crippen LogP contribution in [-0.4, -0.2) is 36.6 Å². The van der Waals surface area contributed by atoms with Gasteiger partial charge >= 0.3 is 0 Å². The summed E-state index contributed by atoms with van der Waals surface area (Å²) in [7, 11) is 0. The third-order valence-electron chi connectivity index (χ3n) is 4.13. The quantitative estimate of drug-likeness (QED) is 0.563. The van der Waals surface area contributed by atoms with Crippen molar-refractivity contribution in [3.63, 3.8) is 0 Å². The molecule has 0 aromatic rings. The van der Waals surface area contributed by atoms with E-state index < -0.39 is 0 Å². The first-order valence-electron chi connectivity index (χ1n) is 7.13. The number of unbranched alkanes of at least 4 members (excludes halogenated alkanes) is 1. The van der Waals surface area contributed by atoms with Gasteiger partial charge in [-0.25, -0.2) is 0 Å². The van der Waals surface area contributed by atoms with E-state index in [9.17, 15) is 0 Å². The normalized spacial score (nSPS) is 27.6. The van der Waals surface area contributed by atoms with Gasteiger partial charge in [-0.05, 0) is 25.3 Å². The summed E-state index contributed by atoms with van der Waals surface area (Å²) >= 11 is 0. The predicted octanol–water partition coefficient (Wildman–Crippen LogP) is 2.50. The van der Waals surface area contributed by atoms with E-state index in [1.165, 1.54) is 19.4 Å². The van der Waals surface area contributed by atoms with E-state index in [-0.39, 0.29) is 0 Å². The highest BCUT2D eigenvalue weighted by Gasteiger charge is 2.28. The molecule has 17 heavy (non-hydrogen) atoms. The summed E-state index contributed by atoms with van der Waals surface area (Å²) in [6, 6.07) is 1.36. The molecule has 3 unspecified atom stereocenters. The highest BCUT2D eigenvalue weighted by molar-refractivity contribution is 4.89. The summed E-state index contributed by atoms with van der Waals surface area (Å²) in [5, 5.41) is 3.71. The molecule has 1 fully saturated rings. The van der Waals surface area contributed by atoms with Gasteiger partial charge in [0.05, 0.1) is 0 Å². The minimum atomic E-state index is 0.661. The third-order valence-corrected chi connectivity index (χ3v) is 4.13. The van der Waals surface area contributed by atoms with Gasteiger partial charge in [0, 0.05) is 31.6 Å². The van der Waals surface area contributed by atoms with Crippen LogP contribution in [0.3, 0.4) is 0 Å². The number of rotatable bonds is 6. The van der Waals surface area contributed by atoms with Gasteiger partial charge in [-0.15, -0.1) is 12.3 Å². The lowest BCUT2D eigenvalue weighted by atomic mass is 9.94. The number of piperazine rings is 1. The molecule has 1 N–H and O–H groups in total. The molecule has 1 heterocycles. The van der Waals surface area contributed by atoms with Crippen molar-refractivity contribution in [2.45, 2.75) is 58.5 Å². The largest absolute Gasteiger partial charge is 0.311 e. The Morgan fingerprint density at radius 1 is 1.47 bits per heavy atom. The van der Waals surface area contributed by atoms with E-state index in [0.29, 0.717) is 12.1 Å². The summed E-state index contributed by atoms with van der Waals surface area (Å²) in [6.07, 6.45) is 9.87. The first-order chi connectivity index (χ1) is 8.22. The van der Waals surface area contributed by atoms with Crippen molar-refractivity contribution in [2.24, 2.45) is 5.92 Å². The van der Waals surface area contributed by atoms with Crippen molar-refractivity contribution in [2.75, 3.05) is 19.6 Å². The van der Waals surface area contributed by atoms with Crippen LogP contribution >= 0.6 is 0 Å². The molecule has 2 heteroatoms. The van der Waals surface area contributed by atoms with Gasteiger partial charge in [0.25, 0.3) is 0 Å². The molecule has 0 amide bonds. The fourth-order valence-corrected chi connectivity index (χ4v) is 2.61. The lowest BCUT2D eigenvalue weighted by Crippen LogP contribution is -2.58. The van der Waals surface area contributed by atoms with E-state index in [1.807, 2.05) is 0 Å². The van der Waals surface area contributed by atoms with Gasteiger partial charge in [-0.1, -0.05) is 27.2 Å². The van der Waals surface area contributed by atoms with Gasteiger partial charge < -0.3 is 5.32 Å². The van der Waals surface area contributed by atoms with Crippen LogP contribution in [0.5, 0.6) is 0 Å². The number of nitrogens with one attached hydrogen (secondary N) is 1. The standard InChI is InChI=1S/C15H28N2/c1-5-8-9-10-17-12-15(13(4)6-2)16-11-14(17)7-3/h1,13-16H,6-12H2,2-4H3. The van der Waals surface area contributed by atoms with E-state index in [1.54, 1.807) is 0 Å². The Morgan fingerprint density at radius 2 is 2.24 bits per heavy atom. The Kier molecular flexibility index (Phi) is 6.62. The molecule has 0 saturated carbocycles. The minimum absolute atomic E-state index is 0.661. The maximum atomic E-state index is 5.33. The third kappa shape index (κ3) is 4.33. The van der Waals surface area contributed by atoms with E-state index in [4.69, 9.17) is 6.42 Å². The van der Waals surface area contributed by atoms with Crippen molar-refractivity contribution in [3.05, 3.63) is 0 Å². The van der Waals surface area contributed by atoms with Crippen molar-refractivity contribution in [3.8, 4) is 12.3 Å². The van der Waals surface area contributed by atoms with E-state index in [0.717, 1.165) is 31.8 Å². The summed E-state index contributed by atoms with van der Waals surface area (Å²) in [6.45, 7) is 10.4. The van der Waals surface area contributed by atoms with Crippen LogP contribution in [-0.2, 0) is 0 Å². The smallest absolute Gasteiger partial charge is 0.0221 e. The molecule has 0 aliphatic carbocycles. The zero-order chi connectivity index (χ0) is 12.7. The zero-order valence-corrected chi connectivity index (χ0v) is 11.7. The highest BCUT2D eigenvalue weighted by Crippen LogP contribution is 2.17. The monoisotopic (exact) mass is 236 g/mol. The van der Waals surface area contributed by atoms with Crippen LogP contribution in [0.2, 0.25) is 0 Å². The van der Waals surface area contributed by atoms with Crippen molar-refractivity contribution < 1.29 is 0 Å². The van der Waals surface area contributed by atoms with Crippen LogP contribution in [0.15, 0.2) is 0 Å². The van der Waals surface area contributed by atoms with Gasteiger partial charge in [-0.3, -0.25) is 4.90 Å². The van der Waals surface area contributed by atoms with Crippen molar-refractivity contribution >= 4 is 0 Å². The van der Waals surface area contributed by atoms with E-state index >= 15 is 0 Å². The molecule has 0 aromatic heterocycles. The molecule has 1 aliphatic rings. The average Bonchev–Trinajstić information content (AvgIpc) is 2.38. The molecule has 98 valence electrons. The number of hydrogen-bond donors (Lipinski definition) is 1. The number of terminal acetylenes is 1. The summed E-state index contributed by atoms with van der Waals surface area (Å²) in [5.41, 5.74) is 0. The first kappa shape index (κ1) is 14.5. The highest BCUT2D eigenvalue weighted by atomic mass is 15.2. The van der Waals surface area contributed by atoms with E-state index in [2.05, 4.69) is 36.9 Å². The Bertz CT molecular complexity index is 244. The van der Waals surface area contributed by atoms with Gasteiger partial charge in [0.15, 0.2) is 0 Å². The molecular weight excluding hydrogens is 208 g/mol. The summed E-state index contributed by atoms with van der Waals surface area (Å²) in [4.78, 5) is 2.64. The maximum Gasteiger partial charge on any atom is 0.0221 e. The number of nitrogens with zero attached hydrogens (tertiary/aromatic N) is 1. The van der Waals surface area contributed by atoms with Crippen LogP contribution in [0.4, 0.5) is 0 Å². The molecule has 0 radical (unpaired) electrons. The Morgan fingerprint density at radius 3 is 2.82 bits per heavy atom. The molecule has 1 aliphatic heterocycles. The lowest BCUT2D eigenvalue weighted by Gasteiger charge is -2.42. The van der Waals surface area contributed by atoms with Gasteiger partial charge in [0.2, 0.25) is 0 Å². The Labute approximate surface area is 107 Å². The Balaban J connectivity index is 2.46. The summed E-state index contributed by atoms with van der Waals surface area (Å²) < 4.78 is 0. The molecule has 2 nitrogen and oxygen atoms in total. The average molecular weight is 236 g/mol. The SMILES string of the molecule is C#CCCCN1CC(C(C)CC)NCC1CC. The fraction of sp³-hybridized carbons (Fsp3) is 0.867. The van der Waals surface area contributed by atoms with Crippen LogP contribution in [0.25, 0.3) is 0 Å². The lowest BCUT2D eigenvalue weighted by molar-refractivity contribution is 0.105. The topological polar surface area (TPSA) is 15.3 Å². The molecule has 0 spiro atoms. The molecule has 1 rings (SSSR count). The molecular formula is C15H28N2. The van der Waals surface area contributed by atoms with Gasteiger partial charge in [-0.2, -0.15) is 0 Å². The van der Waals surface area contributed by atoms with Crippen LogP contribution in [0.1, 0.15) is 46.5 Å². The summed E-state index contributed by atoms with van der Waals surface area (Å²) in [5.74, 6) is 3.51. The fourth-order valence-electron chi connectivity index (χ4n) is 2.61. The second-order valence-corrected chi connectivity index (χ2v) is 5.26. The predicted molar refractivity (Wildman–Crippen MR) is 75.0 cm³/mol. The maximum absolute atomic E-state index is 5.33. The second kappa shape index (κ2) is 7.74. The zero-order valence-electron chi connectivity index (χ0n) is 11.7. The first-order valence-corrected chi connectivity index (χ1v) is 7.13. The van der Waals surface area contributed by atoms with Gasteiger partial charge in [0.1, 0.15) is 0 Å². The minimum Gasteiger partial charge on any atom is -0.311 e. The van der Waals surface area contributed by atoms with Crippen LogP contribution < -0.4 is 5.32 Å². The second-order valence-electron chi connectivity index (χ2n) is 5.26. The molecule has 1 saturated heterocycles. The van der Waals surface area contributed by atoms with Crippen LogP contribution in [0, 0.1) is 18.3 Å². The molecule has 0 bridgehead atoms.